The molecule has 0 fully saturated rings. The number of H-pyrrole nitrogens is 1. The van der Waals surface area contributed by atoms with Gasteiger partial charge in [0.25, 0.3) is 12.0 Å². The number of aromatic amines is 1. The summed E-state index contributed by atoms with van der Waals surface area (Å²) in [5.41, 5.74) is -1.94. The van der Waals surface area contributed by atoms with Crippen LogP contribution in [-0.4, -0.2) is 36.7 Å². The topological polar surface area (TPSA) is 111 Å². The summed E-state index contributed by atoms with van der Waals surface area (Å²) in [6.45, 7) is 1.28. The van der Waals surface area contributed by atoms with Gasteiger partial charge in [0.2, 0.25) is 0 Å². The minimum atomic E-state index is -4.88. The lowest BCUT2D eigenvalue weighted by atomic mass is 10.1. The average Bonchev–Trinajstić information content (AvgIpc) is 3.14. The van der Waals surface area contributed by atoms with E-state index >= 15 is 0 Å². The standard InChI is InChI=1S/C23H19F5N4O5/c1-11(33)10-32-20-17(21(34)30-22(32)35)31(2)19(29-20)12-3-8-16(15(9-12)18(24)25)36-13-4-6-14(7-5-13)37-23(26,27)28/h3-9,11,18,33H,10H2,1-2H3,(H,30,34,35). The molecule has 37 heavy (non-hydrogen) atoms. The zero-order valence-electron chi connectivity index (χ0n) is 19.2. The number of hydrogen-bond donors (Lipinski definition) is 2. The summed E-state index contributed by atoms with van der Waals surface area (Å²) in [7, 11) is 1.47. The van der Waals surface area contributed by atoms with Gasteiger partial charge in [-0.1, -0.05) is 0 Å². The van der Waals surface area contributed by atoms with Crippen LogP contribution in [0.1, 0.15) is 18.9 Å². The number of aryl methyl sites for hydroxylation is 1. The third-order valence-corrected chi connectivity index (χ3v) is 5.25. The van der Waals surface area contributed by atoms with Crippen LogP contribution in [0.3, 0.4) is 0 Å². The summed E-state index contributed by atoms with van der Waals surface area (Å²) in [5, 5.41) is 9.73. The summed E-state index contributed by atoms with van der Waals surface area (Å²) >= 11 is 0. The van der Waals surface area contributed by atoms with E-state index < -0.39 is 41.5 Å². The fraction of sp³-hybridized carbons (Fsp3) is 0.261. The monoisotopic (exact) mass is 526 g/mol. The SMILES string of the molecule is CC(O)Cn1c(=O)[nH]c(=O)c2c1nc(-c1ccc(Oc3ccc(OC(F)(F)F)cc3)c(C(F)F)c1)n2C. The number of nitrogens with one attached hydrogen (secondary N) is 1. The molecule has 2 N–H and O–H groups in total. The number of aliphatic hydroxyl groups is 1. The lowest BCUT2D eigenvalue weighted by Crippen LogP contribution is -2.33. The molecule has 2 aromatic heterocycles. The van der Waals surface area contributed by atoms with Gasteiger partial charge in [-0.3, -0.25) is 14.3 Å². The molecule has 2 aromatic carbocycles. The van der Waals surface area contributed by atoms with Crippen LogP contribution in [-0.2, 0) is 13.6 Å². The first-order valence-corrected chi connectivity index (χ1v) is 10.7. The number of rotatable bonds is 7. The van der Waals surface area contributed by atoms with Gasteiger partial charge in [0.05, 0.1) is 18.2 Å². The Morgan fingerprint density at radius 3 is 2.32 bits per heavy atom. The maximum Gasteiger partial charge on any atom is 0.573 e. The number of hydrogen-bond acceptors (Lipinski definition) is 6. The van der Waals surface area contributed by atoms with Crippen LogP contribution in [0, 0.1) is 0 Å². The van der Waals surface area contributed by atoms with Gasteiger partial charge in [-0.15, -0.1) is 13.2 Å². The van der Waals surface area contributed by atoms with Crippen LogP contribution < -0.4 is 20.7 Å². The van der Waals surface area contributed by atoms with E-state index in [0.29, 0.717) is 0 Å². The molecule has 0 aliphatic heterocycles. The molecule has 0 saturated carbocycles. The molecule has 4 aromatic rings. The normalized spacial score (nSPS) is 12.8. The first kappa shape index (κ1) is 25.9. The van der Waals surface area contributed by atoms with Crippen molar-refractivity contribution in [1.82, 2.24) is 19.1 Å². The number of ether oxygens (including phenoxy) is 2. The zero-order valence-corrected chi connectivity index (χ0v) is 19.2. The van der Waals surface area contributed by atoms with Gasteiger partial charge in [-0.2, -0.15) is 0 Å². The second-order valence-electron chi connectivity index (χ2n) is 8.06. The maximum absolute atomic E-state index is 13.9. The second-order valence-corrected chi connectivity index (χ2v) is 8.06. The highest BCUT2D eigenvalue weighted by atomic mass is 19.4. The van der Waals surface area contributed by atoms with E-state index in [4.69, 9.17) is 4.74 Å². The van der Waals surface area contributed by atoms with Gasteiger partial charge in [-0.25, -0.2) is 18.6 Å². The number of nitrogens with zero attached hydrogens (tertiary/aromatic N) is 3. The Balaban J connectivity index is 1.73. The van der Waals surface area contributed by atoms with Gasteiger partial charge in [-0.05, 0) is 49.4 Å². The molecule has 0 saturated heterocycles. The van der Waals surface area contributed by atoms with E-state index in [1.807, 2.05) is 0 Å². The van der Waals surface area contributed by atoms with Crippen molar-refractivity contribution in [2.24, 2.45) is 7.05 Å². The fourth-order valence-electron chi connectivity index (χ4n) is 3.73. The molecule has 1 atom stereocenters. The summed E-state index contributed by atoms with van der Waals surface area (Å²) in [5.74, 6) is -0.686. The van der Waals surface area contributed by atoms with Crippen LogP contribution in [0.15, 0.2) is 52.1 Å². The van der Waals surface area contributed by atoms with Crippen LogP contribution in [0.4, 0.5) is 22.0 Å². The molecule has 0 spiro atoms. The van der Waals surface area contributed by atoms with Crippen molar-refractivity contribution < 1.29 is 36.5 Å². The van der Waals surface area contributed by atoms with Crippen LogP contribution in [0.25, 0.3) is 22.6 Å². The third kappa shape index (κ3) is 5.48. The smallest absolute Gasteiger partial charge is 0.457 e. The Morgan fingerprint density at radius 1 is 1.08 bits per heavy atom. The van der Waals surface area contributed by atoms with E-state index in [2.05, 4.69) is 14.7 Å². The van der Waals surface area contributed by atoms with Crippen molar-refractivity contribution in [1.29, 1.82) is 0 Å². The Bertz CT molecular complexity index is 1560. The first-order chi connectivity index (χ1) is 17.3. The molecule has 1 unspecified atom stereocenters. The summed E-state index contributed by atoms with van der Waals surface area (Å²) in [6, 6.07) is 7.92. The van der Waals surface area contributed by atoms with Crippen molar-refractivity contribution in [2.75, 3.05) is 0 Å². The summed E-state index contributed by atoms with van der Waals surface area (Å²) in [4.78, 5) is 31.2. The van der Waals surface area contributed by atoms with Gasteiger partial charge in [0, 0.05) is 12.6 Å². The molecule has 0 bridgehead atoms. The minimum Gasteiger partial charge on any atom is -0.457 e. The zero-order chi connectivity index (χ0) is 27.1. The van der Waals surface area contributed by atoms with E-state index in [1.54, 1.807) is 0 Å². The number of benzene rings is 2. The largest absolute Gasteiger partial charge is 0.573 e. The predicted molar refractivity (Wildman–Crippen MR) is 121 cm³/mol. The number of imidazole rings is 1. The molecular formula is C23H19F5N4O5. The van der Waals surface area contributed by atoms with Crippen molar-refractivity contribution >= 4 is 11.2 Å². The Hall–Kier alpha value is -4.20. The predicted octanol–water partition coefficient (Wildman–Crippen LogP) is 4.10. The van der Waals surface area contributed by atoms with E-state index in [-0.39, 0.29) is 40.6 Å². The van der Waals surface area contributed by atoms with Gasteiger partial charge in [0.15, 0.2) is 11.2 Å². The lowest BCUT2D eigenvalue weighted by Gasteiger charge is -2.13. The van der Waals surface area contributed by atoms with Crippen molar-refractivity contribution in [2.45, 2.75) is 32.4 Å². The fourth-order valence-corrected chi connectivity index (χ4v) is 3.73. The Morgan fingerprint density at radius 2 is 1.73 bits per heavy atom. The molecular weight excluding hydrogens is 507 g/mol. The lowest BCUT2D eigenvalue weighted by molar-refractivity contribution is -0.274. The van der Waals surface area contributed by atoms with Crippen LogP contribution in [0.2, 0.25) is 0 Å². The molecule has 196 valence electrons. The molecule has 0 amide bonds. The van der Waals surface area contributed by atoms with Crippen molar-refractivity contribution in [3.05, 3.63) is 68.9 Å². The number of halogens is 5. The highest BCUT2D eigenvalue weighted by Crippen LogP contribution is 2.36. The average molecular weight is 526 g/mol. The van der Waals surface area contributed by atoms with Crippen molar-refractivity contribution in [3.8, 4) is 28.6 Å². The molecule has 9 nitrogen and oxygen atoms in total. The van der Waals surface area contributed by atoms with Crippen LogP contribution >= 0.6 is 0 Å². The molecule has 0 aliphatic rings. The van der Waals surface area contributed by atoms with Gasteiger partial charge >= 0.3 is 12.1 Å². The number of alkyl halides is 5. The summed E-state index contributed by atoms with van der Waals surface area (Å²) in [6.07, 6.45) is -8.82. The maximum atomic E-state index is 13.9. The third-order valence-electron chi connectivity index (χ3n) is 5.25. The van der Waals surface area contributed by atoms with Gasteiger partial charge in [0.1, 0.15) is 23.1 Å². The van der Waals surface area contributed by atoms with Gasteiger partial charge < -0.3 is 19.1 Å². The highest BCUT2D eigenvalue weighted by molar-refractivity contribution is 5.77. The van der Waals surface area contributed by atoms with E-state index in [9.17, 15) is 36.6 Å². The second kappa shape index (κ2) is 9.69. The highest BCUT2D eigenvalue weighted by Gasteiger charge is 2.31. The van der Waals surface area contributed by atoms with Crippen LogP contribution in [0.5, 0.6) is 17.2 Å². The van der Waals surface area contributed by atoms with Crippen molar-refractivity contribution in [3.63, 3.8) is 0 Å². The van der Waals surface area contributed by atoms with E-state index in [0.717, 1.165) is 34.9 Å². The Labute approximate surface area is 204 Å². The molecule has 0 radical (unpaired) electrons. The molecule has 14 heteroatoms. The van der Waals surface area contributed by atoms with E-state index in [1.165, 1.54) is 30.7 Å². The molecule has 0 aliphatic carbocycles. The number of aliphatic hydroxyl groups excluding tert-OH is 1. The number of aromatic nitrogens is 4. The Kier molecular flexibility index (Phi) is 6.78. The summed E-state index contributed by atoms with van der Waals surface area (Å²) < 4.78 is 76.5. The first-order valence-electron chi connectivity index (χ1n) is 10.7. The molecule has 2 heterocycles. The molecule has 4 rings (SSSR count). The quantitative estimate of drug-likeness (QED) is 0.351. The minimum absolute atomic E-state index is 0.00432. The number of fused-ring (bicyclic) bond motifs is 1.